The van der Waals surface area contributed by atoms with Gasteiger partial charge in [0.15, 0.2) is 5.78 Å². The molecular formula is C18H23N2O6P. The zero-order valence-corrected chi connectivity index (χ0v) is 16.3. The number of non-ortho nitro benzene ring substituents is 1. The molecule has 1 atom stereocenters. The van der Waals surface area contributed by atoms with Crippen molar-refractivity contribution in [2.24, 2.45) is 0 Å². The van der Waals surface area contributed by atoms with Gasteiger partial charge in [0.2, 0.25) is 0 Å². The van der Waals surface area contributed by atoms with Crippen LogP contribution in [0.1, 0.15) is 30.8 Å². The molecule has 146 valence electrons. The van der Waals surface area contributed by atoms with E-state index in [9.17, 15) is 19.8 Å². The van der Waals surface area contributed by atoms with Crippen LogP contribution in [-0.2, 0) is 13.6 Å². The van der Waals surface area contributed by atoms with E-state index >= 15 is 0 Å². The van der Waals surface area contributed by atoms with Crippen LogP contribution in [0.2, 0.25) is 0 Å². The minimum absolute atomic E-state index is 0.0305. The van der Waals surface area contributed by atoms with Gasteiger partial charge in [-0.25, -0.2) is 0 Å². The van der Waals surface area contributed by atoms with E-state index in [4.69, 9.17) is 9.05 Å². The summed E-state index contributed by atoms with van der Waals surface area (Å²) < 4.78 is 24.4. The molecule has 0 heterocycles. The number of nitrogens with one attached hydrogen (secondary N) is 1. The highest BCUT2D eigenvalue weighted by atomic mass is 31.2. The van der Waals surface area contributed by atoms with Crippen LogP contribution in [0.5, 0.6) is 5.75 Å². The second-order valence-electron chi connectivity index (χ2n) is 5.77. The van der Waals surface area contributed by atoms with E-state index < -0.39 is 18.3 Å². The number of phenolic OH excluding ortho intramolecular Hbond substituents is 1. The number of nitro groups is 1. The maximum Gasteiger partial charge on any atom is 0.357 e. The summed E-state index contributed by atoms with van der Waals surface area (Å²) in [6.07, 6.45) is 0. The van der Waals surface area contributed by atoms with Gasteiger partial charge in [0.1, 0.15) is 5.75 Å². The summed E-state index contributed by atoms with van der Waals surface area (Å²) in [5, 5.41) is 23.6. The maximum atomic E-state index is 13.4. The highest BCUT2D eigenvalue weighted by Gasteiger charge is 2.37. The Morgan fingerprint density at radius 1 is 1.15 bits per heavy atom. The molecule has 0 radical (unpaired) electrons. The van der Waals surface area contributed by atoms with Gasteiger partial charge in [-0.15, -0.1) is 0 Å². The van der Waals surface area contributed by atoms with E-state index in [-0.39, 0.29) is 24.7 Å². The molecule has 0 saturated heterocycles. The van der Waals surface area contributed by atoms with E-state index in [1.165, 1.54) is 24.3 Å². The third-order valence-corrected chi connectivity index (χ3v) is 6.15. The predicted molar refractivity (Wildman–Crippen MR) is 103 cm³/mol. The van der Waals surface area contributed by atoms with Gasteiger partial charge in [-0.2, -0.15) is 0 Å². The number of hydrogen-bond donors (Lipinski definition) is 2. The van der Waals surface area contributed by atoms with Crippen molar-refractivity contribution in [3.05, 3.63) is 63.7 Å². The average Bonchev–Trinajstić information content (AvgIpc) is 2.62. The predicted octanol–water partition coefficient (Wildman–Crippen LogP) is 4.99. The molecule has 0 aromatic heterocycles. The number of aryl methyl sites for hydroxylation is 1. The SMILES string of the molecule is CCOP(=O)(OCC)C(Nc1ccc([N+](=O)[O-])cc1C)c1ccc(O)cc1. The highest BCUT2D eigenvalue weighted by molar-refractivity contribution is 7.54. The number of anilines is 1. The average molecular weight is 394 g/mol. The van der Waals surface area contributed by atoms with Crippen LogP contribution in [0.4, 0.5) is 11.4 Å². The lowest BCUT2D eigenvalue weighted by atomic mass is 10.1. The lowest BCUT2D eigenvalue weighted by molar-refractivity contribution is -0.384. The Morgan fingerprint density at radius 2 is 1.74 bits per heavy atom. The van der Waals surface area contributed by atoms with Crippen LogP contribution in [-0.4, -0.2) is 23.2 Å². The van der Waals surface area contributed by atoms with E-state index in [1.54, 1.807) is 39.0 Å². The Bertz CT molecular complexity index is 830. The van der Waals surface area contributed by atoms with Gasteiger partial charge in [-0.1, -0.05) is 12.1 Å². The van der Waals surface area contributed by atoms with Crippen LogP contribution in [0, 0.1) is 17.0 Å². The lowest BCUT2D eigenvalue weighted by Gasteiger charge is -2.28. The first-order valence-electron chi connectivity index (χ1n) is 8.50. The topological polar surface area (TPSA) is 111 Å². The van der Waals surface area contributed by atoms with E-state index in [0.717, 1.165) is 0 Å². The van der Waals surface area contributed by atoms with Gasteiger partial charge in [-0.05, 0) is 50.1 Å². The molecule has 0 bridgehead atoms. The van der Waals surface area contributed by atoms with Gasteiger partial charge >= 0.3 is 7.60 Å². The van der Waals surface area contributed by atoms with Crippen molar-refractivity contribution in [2.75, 3.05) is 18.5 Å². The summed E-state index contributed by atoms with van der Waals surface area (Å²) >= 11 is 0. The van der Waals surface area contributed by atoms with Gasteiger partial charge in [0.05, 0.1) is 18.1 Å². The molecular weight excluding hydrogens is 371 g/mol. The number of aromatic hydroxyl groups is 1. The van der Waals surface area contributed by atoms with Crippen molar-refractivity contribution in [2.45, 2.75) is 26.6 Å². The Kier molecular flexibility index (Phi) is 6.96. The molecule has 2 N–H and O–H groups in total. The molecule has 0 amide bonds. The van der Waals surface area contributed by atoms with Crippen LogP contribution in [0.25, 0.3) is 0 Å². The van der Waals surface area contributed by atoms with Crippen LogP contribution in [0.3, 0.4) is 0 Å². The number of phenols is 1. The fraction of sp³-hybridized carbons (Fsp3) is 0.333. The molecule has 2 rings (SSSR count). The standard InChI is InChI=1S/C18H23N2O6P/c1-4-25-27(24,26-5-2)18(14-6-9-16(21)10-7-14)19-17-11-8-15(20(22)23)12-13(17)3/h6-12,18-19,21H,4-5H2,1-3H3. The van der Waals surface area contributed by atoms with Crippen LogP contribution in [0.15, 0.2) is 42.5 Å². The summed E-state index contributed by atoms with van der Waals surface area (Å²) in [7, 11) is -3.61. The van der Waals surface area contributed by atoms with E-state index in [1.807, 2.05) is 0 Å². The summed E-state index contributed by atoms with van der Waals surface area (Å²) in [4.78, 5) is 10.5. The molecule has 0 spiro atoms. The number of hydrogen-bond acceptors (Lipinski definition) is 7. The Balaban J connectivity index is 2.48. The summed E-state index contributed by atoms with van der Waals surface area (Å²) in [5.41, 5.74) is 1.75. The van der Waals surface area contributed by atoms with Crippen molar-refractivity contribution in [1.82, 2.24) is 0 Å². The minimum Gasteiger partial charge on any atom is -0.508 e. The van der Waals surface area contributed by atoms with Crippen molar-refractivity contribution >= 4 is 19.0 Å². The number of nitro benzene ring substituents is 1. The van der Waals surface area contributed by atoms with Gasteiger partial charge in [-0.3, -0.25) is 14.7 Å². The molecule has 8 nitrogen and oxygen atoms in total. The van der Waals surface area contributed by atoms with Gasteiger partial charge in [0.25, 0.3) is 5.69 Å². The molecule has 0 aliphatic rings. The third-order valence-electron chi connectivity index (χ3n) is 3.86. The Labute approximate surface area is 157 Å². The molecule has 0 saturated carbocycles. The lowest BCUT2D eigenvalue weighted by Crippen LogP contribution is -2.16. The number of rotatable bonds is 9. The molecule has 1 unspecified atom stereocenters. The summed E-state index contributed by atoms with van der Waals surface area (Å²) in [5.74, 6) is -0.773. The first kappa shape index (κ1) is 20.9. The van der Waals surface area contributed by atoms with Crippen molar-refractivity contribution in [3.8, 4) is 5.75 Å². The van der Waals surface area contributed by atoms with E-state index in [0.29, 0.717) is 16.8 Å². The highest BCUT2D eigenvalue weighted by Crippen LogP contribution is 2.61. The van der Waals surface area contributed by atoms with Crippen LogP contribution < -0.4 is 5.32 Å². The first-order chi connectivity index (χ1) is 12.8. The van der Waals surface area contributed by atoms with E-state index in [2.05, 4.69) is 5.32 Å². The normalized spacial score (nSPS) is 12.6. The molecule has 2 aromatic carbocycles. The monoisotopic (exact) mass is 394 g/mol. The van der Waals surface area contributed by atoms with Crippen molar-refractivity contribution in [1.29, 1.82) is 0 Å². The maximum absolute atomic E-state index is 13.4. The number of benzene rings is 2. The summed E-state index contributed by atoms with van der Waals surface area (Å²) in [6.45, 7) is 5.53. The quantitative estimate of drug-likeness (QED) is 0.350. The second kappa shape index (κ2) is 8.99. The summed E-state index contributed by atoms with van der Waals surface area (Å²) in [6, 6.07) is 10.6. The van der Waals surface area contributed by atoms with Crippen molar-refractivity contribution in [3.63, 3.8) is 0 Å². The van der Waals surface area contributed by atoms with Crippen molar-refractivity contribution < 1.29 is 23.6 Å². The van der Waals surface area contributed by atoms with Gasteiger partial charge in [0, 0.05) is 17.8 Å². The second-order valence-corrected chi connectivity index (χ2v) is 7.88. The zero-order valence-electron chi connectivity index (χ0n) is 15.4. The van der Waals surface area contributed by atoms with Crippen LogP contribution >= 0.6 is 7.60 Å². The molecule has 0 aliphatic heterocycles. The third kappa shape index (κ3) is 5.07. The fourth-order valence-corrected chi connectivity index (χ4v) is 4.55. The zero-order chi connectivity index (χ0) is 20.0. The first-order valence-corrected chi connectivity index (χ1v) is 10.1. The largest absolute Gasteiger partial charge is 0.508 e. The fourth-order valence-electron chi connectivity index (χ4n) is 2.62. The molecule has 0 fully saturated rings. The van der Waals surface area contributed by atoms with Gasteiger partial charge < -0.3 is 19.5 Å². The molecule has 0 aliphatic carbocycles. The minimum atomic E-state index is -3.61. The smallest absolute Gasteiger partial charge is 0.357 e. The Morgan fingerprint density at radius 3 is 2.22 bits per heavy atom. The molecule has 27 heavy (non-hydrogen) atoms. The molecule has 2 aromatic rings. The molecule has 9 heteroatoms. The number of nitrogens with zero attached hydrogens (tertiary/aromatic N) is 1. The Hall–Kier alpha value is -2.41.